The average molecular weight is 165 g/mol. The number of halogens is 2. The van der Waals surface area contributed by atoms with Gasteiger partial charge in [0.25, 0.3) is 0 Å². The van der Waals surface area contributed by atoms with Crippen LogP contribution in [0.5, 0.6) is 0 Å². The zero-order chi connectivity index (χ0) is 6.85. The Bertz CT molecular complexity index is 138. The Hall–Kier alpha value is 0.320. The summed E-state index contributed by atoms with van der Waals surface area (Å²) >= 11 is 11.6. The van der Waals surface area contributed by atoms with Crippen molar-refractivity contribution >= 4 is 23.2 Å². The Morgan fingerprint density at radius 1 is 1.33 bits per heavy atom. The molecule has 1 aliphatic carbocycles. The van der Waals surface area contributed by atoms with E-state index < -0.39 is 0 Å². The molecule has 9 heavy (non-hydrogen) atoms. The van der Waals surface area contributed by atoms with Crippen molar-refractivity contribution in [3.63, 3.8) is 0 Å². The summed E-state index contributed by atoms with van der Waals surface area (Å²) in [5.41, 5.74) is 0. The molecule has 0 aromatic heterocycles. The predicted molar refractivity (Wildman–Crippen MR) is 41.7 cm³/mol. The van der Waals surface area contributed by atoms with Crippen LogP contribution in [0, 0.1) is 5.92 Å². The highest BCUT2D eigenvalue weighted by molar-refractivity contribution is 6.39. The smallest absolute Gasteiger partial charge is 0.0328 e. The van der Waals surface area contributed by atoms with Crippen LogP contribution in [-0.4, -0.2) is 0 Å². The van der Waals surface area contributed by atoms with Crippen molar-refractivity contribution in [1.29, 1.82) is 0 Å². The molecule has 1 unspecified atom stereocenters. The lowest BCUT2D eigenvalue weighted by atomic mass is 9.96. The molecule has 0 radical (unpaired) electrons. The monoisotopic (exact) mass is 164 g/mol. The number of allylic oxidation sites excluding steroid dienone is 2. The summed E-state index contributed by atoms with van der Waals surface area (Å²) in [4.78, 5) is 0. The fourth-order valence-electron chi connectivity index (χ4n) is 1.03. The Labute approximate surface area is 65.8 Å². The normalized spacial score (nSPS) is 29.0. The fraction of sp³-hybridized carbons (Fsp3) is 0.714. The molecule has 0 saturated carbocycles. The average Bonchev–Trinajstić information content (AvgIpc) is 1.80. The first-order valence-electron chi connectivity index (χ1n) is 3.23. The molecule has 0 nitrogen and oxygen atoms in total. The van der Waals surface area contributed by atoms with Crippen LogP contribution < -0.4 is 0 Å². The van der Waals surface area contributed by atoms with Gasteiger partial charge in [-0.15, -0.1) is 0 Å². The first-order chi connectivity index (χ1) is 4.20. The summed E-state index contributed by atoms with van der Waals surface area (Å²) in [5, 5.41) is 1.74. The highest BCUT2D eigenvalue weighted by Gasteiger charge is 2.14. The van der Waals surface area contributed by atoms with Crippen molar-refractivity contribution in [1.82, 2.24) is 0 Å². The van der Waals surface area contributed by atoms with Crippen molar-refractivity contribution in [2.45, 2.75) is 26.2 Å². The highest BCUT2D eigenvalue weighted by Crippen LogP contribution is 2.33. The van der Waals surface area contributed by atoms with E-state index in [1.54, 1.807) is 0 Å². The lowest BCUT2D eigenvalue weighted by Gasteiger charge is -2.16. The molecule has 0 spiro atoms. The first-order valence-corrected chi connectivity index (χ1v) is 3.98. The summed E-state index contributed by atoms with van der Waals surface area (Å²) in [5.74, 6) is 0.722. The first kappa shape index (κ1) is 7.43. The molecule has 0 N–H and O–H groups in total. The van der Waals surface area contributed by atoms with Gasteiger partial charge in [0.1, 0.15) is 0 Å². The van der Waals surface area contributed by atoms with Crippen molar-refractivity contribution in [3.8, 4) is 0 Å². The molecular formula is C7H10Cl2. The highest BCUT2D eigenvalue weighted by atomic mass is 35.5. The third kappa shape index (κ3) is 1.87. The SMILES string of the molecule is CC1CCC(Cl)=C(Cl)C1. The molecule has 0 aliphatic heterocycles. The zero-order valence-electron chi connectivity index (χ0n) is 5.45. The van der Waals surface area contributed by atoms with E-state index in [9.17, 15) is 0 Å². The van der Waals surface area contributed by atoms with E-state index in [4.69, 9.17) is 23.2 Å². The minimum Gasteiger partial charge on any atom is -0.0879 e. The third-order valence-corrected chi connectivity index (χ3v) is 2.57. The lowest BCUT2D eigenvalue weighted by Crippen LogP contribution is -2.01. The Balaban J connectivity index is 2.61. The number of hydrogen-bond donors (Lipinski definition) is 0. The van der Waals surface area contributed by atoms with Gasteiger partial charge in [0, 0.05) is 10.1 Å². The lowest BCUT2D eigenvalue weighted by molar-refractivity contribution is 0.517. The maximum absolute atomic E-state index is 5.81. The van der Waals surface area contributed by atoms with Gasteiger partial charge in [-0.3, -0.25) is 0 Å². The van der Waals surface area contributed by atoms with Gasteiger partial charge < -0.3 is 0 Å². The molecule has 0 bridgehead atoms. The fourth-order valence-corrected chi connectivity index (χ4v) is 1.57. The van der Waals surface area contributed by atoms with Crippen LogP contribution in [0.2, 0.25) is 0 Å². The minimum absolute atomic E-state index is 0.722. The van der Waals surface area contributed by atoms with Gasteiger partial charge in [0.2, 0.25) is 0 Å². The van der Waals surface area contributed by atoms with Crippen molar-refractivity contribution in [2.75, 3.05) is 0 Å². The van der Waals surface area contributed by atoms with Gasteiger partial charge in [-0.05, 0) is 25.2 Å². The van der Waals surface area contributed by atoms with Gasteiger partial charge in [0.15, 0.2) is 0 Å². The predicted octanol–water partition coefficient (Wildman–Crippen LogP) is 3.50. The second-order valence-corrected chi connectivity index (χ2v) is 3.57. The molecule has 0 aromatic carbocycles. The van der Waals surface area contributed by atoms with Crippen molar-refractivity contribution < 1.29 is 0 Å². The Morgan fingerprint density at radius 3 is 2.44 bits per heavy atom. The molecule has 0 aromatic rings. The minimum atomic E-state index is 0.722. The molecule has 2 heteroatoms. The number of rotatable bonds is 0. The van der Waals surface area contributed by atoms with Crippen LogP contribution in [-0.2, 0) is 0 Å². The van der Waals surface area contributed by atoms with Gasteiger partial charge in [-0.2, -0.15) is 0 Å². The quantitative estimate of drug-likeness (QED) is 0.515. The second-order valence-electron chi connectivity index (χ2n) is 2.66. The molecule has 1 aliphatic rings. The molecule has 1 atom stereocenters. The Morgan fingerprint density at radius 2 is 2.00 bits per heavy atom. The van der Waals surface area contributed by atoms with Crippen molar-refractivity contribution in [3.05, 3.63) is 10.1 Å². The summed E-state index contributed by atoms with van der Waals surface area (Å²) in [6.45, 7) is 2.20. The standard InChI is InChI=1S/C7H10Cl2/c1-5-2-3-6(8)7(9)4-5/h5H,2-4H2,1H3. The summed E-state index contributed by atoms with van der Waals surface area (Å²) in [6.07, 6.45) is 3.14. The van der Waals surface area contributed by atoms with E-state index in [2.05, 4.69) is 6.92 Å². The third-order valence-electron chi connectivity index (χ3n) is 1.68. The van der Waals surface area contributed by atoms with E-state index >= 15 is 0 Å². The van der Waals surface area contributed by atoms with Crippen LogP contribution in [0.15, 0.2) is 10.1 Å². The maximum Gasteiger partial charge on any atom is 0.0328 e. The largest absolute Gasteiger partial charge is 0.0879 e. The molecule has 1 rings (SSSR count). The van der Waals surface area contributed by atoms with E-state index in [0.717, 1.165) is 28.8 Å². The molecule has 0 heterocycles. The van der Waals surface area contributed by atoms with Crippen LogP contribution in [0.1, 0.15) is 26.2 Å². The zero-order valence-corrected chi connectivity index (χ0v) is 6.97. The van der Waals surface area contributed by atoms with Crippen LogP contribution in [0.3, 0.4) is 0 Å². The topological polar surface area (TPSA) is 0 Å². The van der Waals surface area contributed by atoms with Gasteiger partial charge in [-0.25, -0.2) is 0 Å². The maximum atomic E-state index is 5.81. The van der Waals surface area contributed by atoms with Crippen molar-refractivity contribution in [2.24, 2.45) is 5.92 Å². The van der Waals surface area contributed by atoms with E-state index in [-0.39, 0.29) is 0 Å². The molecule has 0 amide bonds. The molecule has 0 saturated heterocycles. The summed E-state index contributed by atoms with van der Waals surface area (Å²) in [6, 6.07) is 0. The molecule has 0 fully saturated rings. The second kappa shape index (κ2) is 2.94. The number of hydrogen-bond acceptors (Lipinski definition) is 0. The van der Waals surface area contributed by atoms with E-state index in [0.29, 0.717) is 0 Å². The van der Waals surface area contributed by atoms with Crippen LogP contribution >= 0.6 is 23.2 Å². The summed E-state index contributed by atoms with van der Waals surface area (Å²) < 4.78 is 0. The summed E-state index contributed by atoms with van der Waals surface area (Å²) in [7, 11) is 0. The van der Waals surface area contributed by atoms with Crippen LogP contribution in [0.25, 0.3) is 0 Å². The van der Waals surface area contributed by atoms with Crippen LogP contribution in [0.4, 0.5) is 0 Å². The molecular weight excluding hydrogens is 155 g/mol. The van der Waals surface area contributed by atoms with Gasteiger partial charge >= 0.3 is 0 Å². The Kier molecular flexibility index (Phi) is 2.42. The van der Waals surface area contributed by atoms with E-state index in [1.807, 2.05) is 0 Å². The van der Waals surface area contributed by atoms with Gasteiger partial charge in [-0.1, -0.05) is 30.1 Å². The van der Waals surface area contributed by atoms with E-state index in [1.165, 1.54) is 6.42 Å². The molecule has 52 valence electrons. The van der Waals surface area contributed by atoms with Gasteiger partial charge in [0.05, 0.1) is 0 Å².